The highest BCUT2D eigenvalue weighted by atomic mass is 79.9. The van der Waals surface area contributed by atoms with E-state index < -0.39 is 0 Å². The third kappa shape index (κ3) is 4.08. The Kier molecular flexibility index (Phi) is 5.38. The maximum atomic E-state index is 12.4. The van der Waals surface area contributed by atoms with Crippen LogP contribution in [0.15, 0.2) is 70.3 Å². The molecule has 3 aromatic rings. The highest BCUT2D eigenvalue weighted by Crippen LogP contribution is 2.19. The SMILES string of the molecule is O=c1c(Br)c(OCCc2ccccc2)cnn1Cc1ccncc1. The molecule has 6 heteroatoms. The van der Waals surface area contributed by atoms with E-state index in [1.165, 1.54) is 10.2 Å². The molecular weight excluding hydrogens is 370 g/mol. The van der Waals surface area contributed by atoms with Crippen LogP contribution in [0.4, 0.5) is 0 Å². The summed E-state index contributed by atoms with van der Waals surface area (Å²) in [4.78, 5) is 16.3. The van der Waals surface area contributed by atoms with Gasteiger partial charge in [-0.15, -0.1) is 0 Å². The molecule has 0 unspecified atom stereocenters. The average molecular weight is 386 g/mol. The van der Waals surface area contributed by atoms with Crippen LogP contribution in [0.25, 0.3) is 0 Å². The van der Waals surface area contributed by atoms with Gasteiger partial charge < -0.3 is 4.74 Å². The van der Waals surface area contributed by atoms with Gasteiger partial charge in [0.05, 0.1) is 19.3 Å². The highest BCUT2D eigenvalue weighted by Gasteiger charge is 2.10. The summed E-state index contributed by atoms with van der Waals surface area (Å²) >= 11 is 3.32. The molecule has 5 nitrogen and oxygen atoms in total. The molecule has 122 valence electrons. The van der Waals surface area contributed by atoms with Gasteiger partial charge in [-0.3, -0.25) is 9.78 Å². The Hall–Kier alpha value is -2.47. The van der Waals surface area contributed by atoms with Crippen molar-refractivity contribution < 1.29 is 4.74 Å². The monoisotopic (exact) mass is 385 g/mol. The number of hydrogen-bond donors (Lipinski definition) is 0. The Morgan fingerprint density at radius 2 is 1.79 bits per heavy atom. The lowest BCUT2D eigenvalue weighted by Gasteiger charge is -2.10. The first-order chi connectivity index (χ1) is 11.7. The van der Waals surface area contributed by atoms with Crippen molar-refractivity contribution >= 4 is 15.9 Å². The van der Waals surface area contributed by atoms with Gasteiger partial charge in [-0.1, -0.05) is 30.3 Å². The Morgan fingerprint density at radius 3 is 2.54 bits per heavy atom. The fourth-order valence-corrected chi connectivity index (χ4v) is 2.67. The first-order valence-corrected chi connectivity index (χ1v) is 8.34. The van der Waals surface area contributed by atoms with Gasteiger partial charge in [0, 0.05) is 18.8 Å². The summed E-state index contributed by atoms with van der Waals surface area (Å²) in [6.45, 7) is 0.877. The third-order valence-corrected chi connectivity index (χ3v) is 4.26. The summed E-state index contributed by atoms with van der Waals surface area (Å²) < 4.78 is 7.47. The minimum absolute atomic E-state index is 0.218. The Balaban J connectivity index is 1.67. The van der Waals surface area contributed by atoms with E-state index in [4.69, 9.17) is 4.74 Å². The number of aromatic nitrogens is 3. The normalized spacial score (nSPS) is 10.5. The molecular formula is C18H16BrN3O2. The van der Waals surface area contributed by atoms with Crippen LogP contribution in [-0.4, -0.2) is 21.4 Å². The van der Waals surface area contributed by atoms with Crippen LogP contribution in [0.5, 0.6) is 5.75 Å². The number of halogens is 1. The molecule has 0 amide bonds. The van der Waals surface area contributed by atoms with Crippen LogP contribution in [0.1, 0.15) is 11.1 Å². The van der Waals surface area contributed by atoms with Crippen molar-refractivity contribution in [3.05, 3.63) is 87.0 Å². The van der Waals surface area contributed by atoms with Gasteiger partial charge in [0.2, 0.25) is 0 Å². The number of ether oxygens (including phenoxy) is 1. The topological polar surface area (TPSA) is 57.0 Å². The Labute approximate surface area is 148 Å². The molecule has 0 radical (unpaired) electrons. The summed E-state index contributed by atoms with van der Waals surface area (Å²) in [6, 6.07) is 13.8. The number of pyridine rings is 1. The van der Waals surface area contributed by atoms with Crippen molar-refractivity contribution in [2.75, 3.05) is 6.61 Å². The zero-order valence-corrected chi connectivity index (χ0v) is 14.5. The van der Waals surface area contributed by atoms with Crippen molar-refractivity contribution in [2.24, 2.45) is 0 Å². The predicted molar refractivity (Wildman–Crippen MR) is 95.2 cm³/mol. The van der Waals surface area contributed by atoms with Crippen molar-refractivity contribution in [1.29, 1.82) is 0 Å². The molecule has 0 spiro atoms. The second-order valence-electron chi connectivity index (χ2n) is 5.23. The first-order valence-electron chi connectivity index (χ1n) is 7.55. The van der Waals surface area contributed by atoms with E-state index in [0.29, 0.717) is 23.4 Å². The van der Waals surface area contributed by atoms with Crippen molar-refractivity contribution in [3.8, 4) is 5.75 Å². The summed E-state index contributed by atoms with van der Waals surface area (Å²) in [5, 5.41) is 4.19. The molecule has 0 saturated carbocycles. The van der Waals surface area contributed by atoms with Gasteiger partial charge in [-0.25, -0.2) is 4.68 Å². The number of rotatable bonds is 6. The number of nitrogens with zero attached hydrogens (tertiary/aromatic N) is 3. The zero-order valence-electron chi connectivity index (χ0n) is 12.9. The van der Waals surface area contributed by atoms with E-state index in [2.05, 4.69) is 26.0 Å². The van der Waals surface area contributed by atoms with Crippen LogP contribution in [0.2, 0.25) is 0 Å². The quantitative estimate of drug-likeness (QED) is 0.654. The van der Waals surface area contributed by atoms with Gasteiger partial charge in [0.1, 0.15) is 4.47 Å². The summed E-state index contributed by atoms with van der Waals surface area (Å²) in [7, 11) is 0. The molecule has 2 heterocycles. The molecule has 0 aliphatic heterocycles. The van der Waals surface area contributed by atoms with E-state index in [0.717, 1.165) is 12.0 Å². The van der Waals surface area contributed by atoms with Gasteiger partial charge >= 0.3 is 0 Å². The number of benzene rings is 1. The Morgan fingerprint density at radius 1 is 1.04 bits per heavy atom. The predicted octanol–water partition coefficient (Wildman–Crippen LogP) is 3.07. The molecule has 0 saturated heterocycles. The van der Waals surface area contributed by atoms with Gasteiger partial charge in [-0.2, -0.15) is 5.10 Å². The molecule has 0 bridgehead atoms. The van der Waals surface area contributed by atoms with Crippen LogP contribution in [-0.2, 0) is 13.0 Å². The van der Waals surface area contributed by atoms with Gasteiger partial charge in [-0.05, 0) is 39.2 Å². The van der Waals surface area contributed by atoms with E-state index in [-0.39, 0.29) is 5.56 Å². The van der Waals surface area contributed by atoms with Gasteiger partial charge in [0.15, 0.2) is 5.75 Å². The van der Waals surface area contributed by atoms with Crippen LogP contribution in [0.3, 0.4) is 0 Å². The molecule has 1 aromatic carbocycles. The molecule has 0 aliphatic rings. The van der Waals surface area contributed by atoms with E-state index in [1.54, 1.807) is 18.6 Å². The van der Waals surface area contributed by atoms with Crippen LogP contribution in [0, 0.1) is 0 Å². The Bertz CT molecular complexity index is 851. The average Bonchev–Trinajstić information content (AvgIpc) is 2.63. The molecule has 0 aliphatic carbocycles. The summed E-state index contributed by atoms with van der Waals surface area (Å²) in [6.07, 6.45) is 5.72. The lowest BCUT2D eigenvalue weighted by atomic mass is 10.2. The second-order valence-corrected chi connectivity index (χ2v) is 6.02. The molecule has 3 rings (SSSR count). The molecule has 0 atom stereocenters. The third-order valence-electron chi connectivity index (χ3n) is 3.53. The lowest BCUT2D eigenvalue weighted by molar-refractivity contribution is 0.315. The largest absolute Gasteiger partial charge is 0.490 e. The molecule has 24 heavy (non-hydrogen) atoms. The van der Waals surface area contributed by atoms with E-state index >= 15 is 0 Å². The summed E-state index contributed by atoms with van der Waals surface area (Å²) in [5.74, 6) is 0.460. The van der Waals surface area contributed by atoms with Crippen molar-refractivity contribution in [3.63, 3.8) is 0 Å². The molecule has 2 aromatic heterocycles. The second kappa shape index (κ2) is 7.88. The standard InChI is InChI=1S/C18H16BrN3O2/c19-17-16(24-11-8-14-4-2-1-3-5-14)12-21-22(18(17)23)13-15-6-9-20-10-7-15/h1-7,9-10,12H,8,11,13H2. The maximum absolute atomic E-state index is 12.4. The van der Waals surface area contributed by atoms with E-state index in [1.807, 2.05) is 42.5 Å². The fourth-order valence-electron chi connectivity index (χ4n) is 2.25. The maximum Gasteiger partial charge on any atom is 0.285 e. The van der Waals surface area contributed by atoms with Crippen LogP contribution >= 0.6 is 15.9 Å². The smallest absolute Gasteiger partial charge is 0.285 e. The van der Waals surface area contributed by atoms with Crippen molar-refractivity contribution in [1.82, 2.24) is 14.8 Å². The fraction of sp³-hybridized carbons (Fsp3) is 0.167. The lowest BCUT2D eigenvalue weighted by Crippen LogP contribution is -2.24. The zero-order chi connectivity index (χ0) is 16.8. The highest BCUT2D eigenvalue weighted by molar-refractivity contribution is 9.10. The van der Waals surface area contributed by atoms with Crippen molar-refractivity contribution in [2.45, 2.75) is 13.0 Å². The minimum atomic E-state index is -0.218. The number of hydrogen-bond acceptors (Lipinski definition) is 4. The van der Waals surface area contributed by atoms with Gasteiger partial charge in [0.25, 0.3) is 5.56 Å². The summed E-state index contributed by atoms with van der Waals surface area (Å²) in [5.41, 5.74) is 1.93. The van der Waals surface area contributed by atoms with Crippen LogP contribution < -0.4 is 10.3 Å². The first kappa shape index (κ1) is 16.4. The van der Waals surface area contributed by atoms with E-state index in [9.17, 15) is 4.79 Å². The molecule has 0 fully saturated rings. The minimum Gasteiger partial charge on any atom is -0.490 e. The molecule has 0 N–H and O–H groups in total.